The van der Waals surface area contributed by atoms with Gasteiger partial charge in [0.15, 0.2) is 10.5 Å². The van der Waals surface area contributed by atoms with E-state index >= 15 is 0 Å². The Balaban J connectivity index is 6.59. The van der Waals surface area contributed by atoms with Crippen LogP contribution in [0.3, 0.4) is 0 Å². The van der Waals surface area contributed by atoms with Crippen molar-refractivity contribution >= 4 is 19.7 Å². The maximum Gasteiger partial charge on any atom is 0.498 e. The Hall–Kier alpha value is -0.940. The van der Waals surface area contributed by atoms with Gasteiger partial charge in [0, 0.05) is 0 Å². The zero-order valence-corrected chi connectivity index (χ0v) is 12.5. The van der Waals surface area contributed by atoms with Crippen LogP contribution in [0.15, 0.2) is 0 Å². The molecule has 25 heavy (non-hydrogen) atoms. The third kappa shape index (κ3) is 5.04. The molecular formula is C7H4F12O4S2. The Morgan fingerprint density at radius 3 is 0.960 bits per heavy atom. The Labute approximate surface area is 130 Å². The van der Waals surface area contributed by atoms with Gasteiger partial charge < -0.3 is 0 Å². The van der Waals surface area contributed by atoms with Gasteiger partial charge in [0.05, 0.1) is 0 Å². The first-order valence-electron chi connectivity index (χ1n) is 5.21. The quantitative estimate of drug-likeness (QED) is 0.625. The minimum absolute atomic E-state index is 3.57. The highest BCUT2D eigenvalue weighted by atomic mass is 32.3. The average molecular weight is 444 g/mol. The molecule has 0 unspecified atom stereocenters. The van der Waals surface area contributed by atoms with Crippen LogP contribution in [-0.4, -0.2) is 44.8 Å². The van der Waals surface area contributed by atoms with Crippen LogP contribution in [0.2, 0.25) is 0 Å². The molecule has 0 radical (unpaired) electrons. The summed E-state index contributed by atoms with van der Waals surface area (Å²) >= 11 is 0. The van der Waals surface area contributed by atoms with Crippen LogP contribution in [0.25, 0.3) is 0 Å². The Bertz CT molecular complexity index is 619. The third-order valence-corrected chi connectivity index (χ3v) is 7.14. The molecule has 0 atom stereocenters. The number of hydrogen-bond donors (Lipinski definition) is 0. The molecule has 0 rings (SSSR count). The fraction of sp³-hybridized carbons (Fsp3) is 1.00. The van der Waals surface area contributed by atoms with Gasteiger partial charge in [-0.05, 0) is 6.42 Å². The first kappa shape index (κ1) is 24.1. The van der Waals surface area contributed by atoms with Gasteiger partial charge in [0.2, 0.25) is 0 Å². The molecule has 0 aromatic heterocycles. The largest absolute Gasteiger partial charge is 0.498 e. The zero-order chi connectivity index (χ0) is 20.9. The predicted octanol–water partition coefficient (Wildman–Crippen LogP) is 3.31. The maximum absolute atomic E-state index is 12.3. The molecule has 0 spiro atoms. The molecule has 4 nitrogen and oxygen atoms in total. The van der Waals surface area contributed by atoms with Gasteiger partial charge >= 0.3 is 23.4 Å². The second kappa shape index (κ2) is 6.34. The summed E-state index contributed by atoms with van der Waals surface area (Å²) in [7, 11) is -15.2. The molecule has 0 aliphatic rings. The topological polar surface area (TPSA) is 68.3 Å². The first-order chi connectivity index (χ1) is 10.5. The fourth-order valence-corrected chi connectivity index (χ4v) is 4.84. The normalized spacial score (nSPS) is 15.9. The summed E-state index contributed by atoms with van der Waals surface area (Å²) in [4.78, 5) is 0. The van der Waals surface area contributed by atoms with Gasteiger partial charge in [0.1, 0.15) is 0 Å². The van der Waals surface area contributed by atoms with Gasteiger partial charge in [-0.25, -0.2) is 16.8 Å². The Morgan fingerprint density at radius 2 is 0.800 bits per heavy atom. The molecular weight excluding hydrogens is 440 g/mol. The van der Waals surface area contributed by atoms with Crippen LogP contribution in [0.5, 0.6) is 0 Å². The van der Waals surface area contributed by atoms with Crippen LogP contribution >= 0.6 is 0 Å². The summed E-state index contributed by atoms with van der Waals surface area (Å²) in [6, 6.07) is 0. The summed E-state index contributed by atoms with van der Waals surface area (Å²) in [5.74, 6) is -5.07. The number of sulfone groups is 2. The molecule has 152 valence electrons. The van der Waals surface area contributed by atoms with Gasteiger partial charge in [-0.3, -0.25) is 0 Å². The van der Waals surface area contributed by atoms with Crippen LogP contribution in [0, 0.1) is 5.92 Å². The highest BCUT2D eigenvalue weighted by Gasteiger charge is 2.67. The van der Waals surface area contributed by atoms with E-state index in [-0.39, 0.29) is 0 Å². The summed E-state index contributed by atoms with van der Waals surface area (Å²) in [5.41, 5.74) is -13.7. The number of alkyl halides is 12. The standard InChI is InChI=1S/C7H4F12O4S2/c8-4(9,10)2(5(11,12)13)1-3(24(20,21)6(14,15)16)25(22,23)7(17,18)19/h2-3H,1H2. The van der Waals surface area contributed by atoms with Gasteiger partial charge in [-0.1, -0.05) is 0 Å². The van der Waals surface area contributed by atoms with E-state index in [4.69, 9.17) is 0 Å². The van der Waals surface area contributed by atoms with Gasteiger partial charge in [-0.15, -0.1) is 0 Å². The van der Waals surface area contributed by atoms with E-state index in [1.807, 2.05) is 0 Å². The molecule has 18 heteroatoms. The highest BCUT2D eigenvalue weighted by molar-refractivity contribution is 8.09. The number of hydrogen-bond acceptors (Lipinski definition) is 4. The van der Waals surface area contributed by atoms with Crippen LogP contribution in [-0.2, 0) is 19.7 Å². The Morgan fingerprint density at radius 1 is 0.560 bits per heavy atom. The summed E-state index contributed by atoms with van der Waals surface area (Å²) < 4.78 is 186. The van der Waals surface area contributed by atoms with E-state index in [0.29, 0.717) is 0 Å². The lowest BCUT2D eigenvalue weighted by molar-refractivity contribution is -0.284. The highest BCUT2D eigenvalue weighted by Crippen LogP contribution is 2.46. The SMILES string of the molecule is O=S(=O)(C(CC(C(F)(F)F)C(F)(F)F)S(=O)(=O)C(F)(F)F)C(F)(F)F. The zero-order valence-electron chi connectivity index (χ0n) is 10.8. The average Bonchev–Trinajstić information content (AvgIpc) is 2.20. The van der Waals surface area contributed by atoms with Crippen molar-refractivity contribution in [2.45, 2.75) is 34.4 Å². The van der Waals surface area contributed by atoms with Crippen molar-refractivity contribution in [3.63, 3.8) is 0 Å². The van der Waals surface area contributed by atoms with Crippen LogP contribution in [0.1, 0.15) is 6.42 Å². The van der Waals surface area contributed by atoms with E-state index in [1.165, 1.54) is 0 Å². The smallest absolute Gasteiger partial charge is 0.218 e. The van der Waals surface area contributed by atoms with Crippen molar-refractivity contribution in [3.05, 3.63) is 0 Å². The second-order valence-corrected chi connectivity index (χ2v) is 8.82. The van der Waals surface area contributed by atoms with Gasteiger partial charge in [-0.2, -0.15) is 52.7 Å². The molecule has 0 aliphatic heterocycles. The van der Waals surface area contributed by atoms with Crippen LogP contribution < -0.4 is 0 Å². The molecule has 0 saturated heterocycles. The minimum atomic E-state index is -7.60. The van der Waals surface area contributed by atoms with Crippen molar-refractivity contribution in [2.24, 2.45) is 5.92 Å². The van der Waals surface area contributed by atoms with Crippen LogP contribution in [0.4, 0.5) is 52.7 Å². The molecule has 0 aliphatic carbocycles. The van der Waals surface area contributed by atoms with E-state index in [9.17, 15) is 69.5 Å². The van der Waals surface area contributed by atoms with E-state index in [0.717, 1.165) is 0 Å². The van der Waals surface area contributed by atoms with Crippen molar-refractivity contribution < 1.29 is 69.5 Å². The molecule has 0 bridgehead atoms. The van der Waals surface area contributed by atoms with Crippen molar-refractivity contribution in [3.8, 4) is 0 Å². The van der Waals surface area contributed by atoms with E-state index in [1.54, 1.807) is 0 Å². The van der Waals surface area contributed by atoms with Crippen molar-refractivity contribution in [1.29, 1.82) is 0 Å². The third-order valence-electron chi connectivity index (χ3n) is 2.56. The van der Waals surface area contributed by atoms with E-state index in [2.05, 4.69) is 0 Å². The van der Waals surface area contributed by atoms with E-state index < -0.39 is 60.0 Å². The summed E-state index contributed by atoms with van der Waals surface area (Å²) in [6.07, 6.45) is -16.7. The fourth-order valence-electron chi connectivity index (χ4n) is 1.36. The lowest BCUT2D eigenvalue weighted by Crippen LogP contribution is -2.49. The first-order valence-corrected chi connectivity index (χ1v) is 8.30. The predicted molar refractivity (Wildman–Crippen MR) is 54.0 cm³/mol. The maximum atomic E-state index is 12.3. The second-order valence-electron chi connectivity index (χ2n) is 4.28. The molecule has 0 amide bonds. The monoisotopic (exact) mass is 444 g/mol. The molecule has 0 N–H and O–H groups in total. The lowest BCUT2D eigenvalue weighted by Gasteiger charge is -2.27. The molecule has 0 fully saturated rings. The van der Waals surface area contributed by atoms with Gasteiger partial charge in [0.25, 0.3) is 19.7 Å². The Kier molecular flexibility index (Phi) is 6.11. The summed E-state index contributed by atoms with van der Waals surface area (Å²) in [5, 5.41) is 0. The van der Waals surface area contributed by atoms with Crippen molar-refractivity contribution in [1.82, 2.24) is 0 Å². The lowest BCUT2D eigenvalue weighted by atomic mass is 10.1. The molecule has 0 aromatic carbocycles. The summed E-state index contributed by atoms with van der Waals surface area (Å²) in [6.45, 7) is 0. The molecule has 0 aromatic rings. The molecule has 0 saturated carbocycles. The van der Waals surface area contributed by atoms with Crippen molar-refractivity contribution in [2.75, 3.05) is 0 Å². The number of rotatable bonds is 4. The number of halogens is 12. The molecule has 0 heterocycles. The minimum Gasteiger partial charge on any atom is -0.218 e.